The van der Waals surface area contributed by atoms with E-state index in [0.717, 1.165) is 18.2 Å². The number of alkyl halides is 2. The second kappa shape index (κ2) is 7.46. The summed E-state index contributed by atoms with van der Waals surface area (Å²) in [5, 5.41) is 10.8. The van der Waals surface area contributed by atoms with Gasteiger partial charge in [-0.15, -0.1) is 0 Å². The lowest BCUT2D eigenvalue weighted by Gasteiger charge is -2.15. The van der Waals surface area contributed by atoms with Gasteiger partial charge in [-0.3, -0.25) is 4.72 Å². The van der Waals surface area contributed by atoms with Crippen LogP contribution in [-0.4, -0.2) is 21.0 Å². The molecule has 0 atom stereocenters. The van der Waals surface area contributed by atoms with Crippen LogP contribution in [0.4, 0.5) is 14.5 Å². The van der Waals surface area contributed by atoms with Crippen LogP contribution in [0.1, 0.15) is 21.5 Å². The van der Waals surface area contributed by atoms with Gasteiger partial charge in [0.15, 0.2) is 0 Å². The van der Waals surface area contributed by atoms with E-state index in [-0.39, 0.29) is 26.9 Å². The fourth-order valence-corrected chi connectivity index (χ4v) is 3.81. The molecule has 0 radical (unpaired) electrons. The van der Waals surface area contributed by atoms with E-state index >= 15 is 0 Å². The number of rotatable bonds is 6. The number of benzene rings is 2. The molecular formula is C16H13ClF2NO5S-. The highest BCUT2D eigenvalue weighted by Gasteiger charge is 2.20. The number of hydrogen-bond acceptors (Lipinski definition) is 5. The second-order valence-electron chi connectivity index (χ2n) is 5.33. The van der Waals surface area contributed by atoms with Crippen molar-refractivity contribution in [2.45, 2.75) is 25.4 Å². The van der Waals surface area contributed by atoms with Gasteiger partial charge in [0.25, 0.3) is 10.0 Å². The zero-order valence-electron chi connectivity index (χ0n) is 13.5. The number of carboxylic acid groups (broad SMARTS) is 1. The van der Waals surface area contributed by atoms with Gasteiger partial charge in [-0.2, -0.15) is 8.78 Å². The quantitative estimate of drug-likeness (QED) is 0.798. The van der Waals surface area contributed by atoms with E-state index in [2.05, 4.69) is 9.46 Å². The lowest BCUT2D eigenvalue weighted by molar-refractivity contribution is -0.255. The highest BCUT2D eigenvalue weighted by molar-refractivity contribution is 7.92. The Morgan fingerprint density at radius 3 is 2.42 bits per heavy atom. The molecule has 0 amide bonds. The maximum Gasteiger partial charge on any atom is 0.387 e. The normalized spacial score (nSPS) is 11.5. The first-order chi connectivity index (χ1) is 12.0. The Balaban J connectivity index is 2.41. The molecule has 0 aliphatic heterocycles. The first kappa shape index (κ1) is 19.9. The largest absolute Gasteiger partial charge is 0.545 e. The molecular weight excluding hydrogens is 392 g/mol. The van der Waals surface area contributed by atoms with Crippen molar-refractivity contribution in [3.8, 4) is 5.75 Å². The van der Waals surface area contributed by atoms with Crippen molar-refractivity contribution >= 4 is 33.3 Å². The Hall–Kier alpha value is -2.39. The third-order valence-electron chi connectivity index (χ3n) is 3.55. The Labute approximate surface area is 153 Å². The molecule has 0 saturated heterocycles. The van der Waals surface area contributed by atoms with Crippen molar-refractivity contribution in [2.75, 3.05) is 4.72 Å². The highest BCUT2D eigenvalue weighted by atomic mass is 35.5. The van der Waals surface area contributed by atoms with Crippen molar-refractivity contribution < 1.29 is 31.8 Å². The minimum atomic E-state index is -4.16. The zero-order chi connectivity index (χ0) is 19.6. The van der Waals surface area contributed by atoms with Crippen LogP contribution in [0.2, 0.25) is 5.02 Å². The molecule has 0 aromatic heterocycles. The van der Waals surface area contributed by atoms with Crippen molar-refractivity contribution in [1.82, 2.24) is 0 Å². The molecule has 0 fully saturated rings. The number of halogens is 3. The van der Waals surface area contributed by atoms with E-state index in [1.807, 2.05) is 0 Å². The van der Waals surface area contributed by atoms with E-state index in [1.165, 1.54) is 19.1 Å². The van der Waals surface area contributed by atoms with Gasteiger partial charge in [0.1, 0.15) is 5.75 Å². The number of ether oxygens (including phenoxy) is 1. The van der Waals surface area contributed by atoms with Gasteiger partial charge in [-0.05, 0) is 60.9 Å². The van der Waals surface area contributed by atoms with Crippen LogP contribution in [0.25, 0.3) is 0 Å². The molecule has 2 rings (SSSR count). The summed E-state index contributed by atoms with van der Waals surface area (Å²) < 4.78 is 56.1. The summed E-state index contributed by atoms with van der Waals surface area (Å²) in [5.41, 5.74) is 0.511. The monoisotopic (exact) mass is 404 g/mol. The number of carboxylic acids is 1. The molecule has 140 valence electrons. The van der Waals surface area contributed by atoms with Crippen LogP contribution in [0.15, 0.2) is 35.2 Å². The SMILES string of the molecule is Cc1cc(C(=O)[O-])cc(S(=O)(=O)Nc2ccc(OC(F)F)c(Cl)c2)c1C. The van der Waals surface area contributed by atoms with Crippen LogP contribution in [-0.2, 0) is 10.0 Å². The number of carbonyl (C=O) groups is 1. The van der Waals surface area contributed by atoms with Crippen molar-refractivity contribution in [3.63, 3.8) is 0 Å². The molecule has 0 heterocycles. The van der Waals surface area contributed by atoms with Crippen molar-refractivity contribution in [2.24, 2.45) is 0 Å². The van der Waals surface area contributed by atoms with Crippen molar-refractivity contribution in [3.05, 3.63) is 52.0 Å². The average molecular weight is 405 g/mol. The maximum atomic E-state index is 12.6. The minimum Gasteiger partial charge on any atom is -0.545 e. The third-order valence-corrected chi connectivity index (χ3v) is 5.35. The Morgan fingerprint density at radius 1 is 1.23 bits per heavy atom. The van der Waals surface area contributed by atoms with Gasteiger partial charge in [-0.1, -0.05) is 11.6 Å². The second-order valence-corrected chi connectivity index (χ2v) is 7.39. The molecule has 0 unspecified atom stereocenters. The maximum absolute atomic E-state index is 12.6. The summed E-state index contributed by atoms with van der Waals surface area (Å²) in [5.74, 6) is -1.82. The van der Waals surface area contributed by atoms with Gasteiger partial charge in [0.05, 0.1) is 21.6 Å². The number of carbonyl (C=O) groups excluding carboxylic acids is 1. The molecule has 6 nitrogen and oxygen atoms in total. The summed E-state index contributed by atoms with van der Waals surface area (Å²) in [6.45, 7) is 0.0111. The number of aryl methyl sites for hydroxylation is 1. The van der Waals surface area contributed by atoms with Crippen LogP contribution in [0.3, 0.4) is 0 Å². The zero-order valence-corrected chi connectivity index (χ0v) is 15.1. The summed E-state index contributed by atoms with van der Waals surface area (Å²) in [6.07, 6.45) is 0. The van der Waals surface area contributed by atoms with Gasteiger partial charge < -0.3 is 14.6 Å². The Bertz CT molecular complexity index is 963. The number of aromatic carboxylic acids is 1. The van der Waals surface area contributed by atoms with Gasteiger partial charge in [-0.25, -0.2) is 8.42 Å². The molecule has 26 heavy (non-hydrogen) atoms. The van der Waals surface area contributed by atoms with Gasteiger partial charge in [0, 0.05) is 0 Å². The molecule has 10 heteroatoms. The molecule has 0 aliphatic carbocycles. The summed E-state index contributed by atoms with van der Waals surface area (Å²) in [7, 11) is -4.16. The molecule has 0 bridgehead atoms. The average Bonchev–Trinajstić information content (AvgIpc) is 2.51. The lowest BCUT2D eigenvalue weighted by atomic mass is 10.1. The molecule has 2 aromatic carbocycles. The molecule has 2 aromatic rings. The smallest absolute Gasteiger partial charge is 0.387 e. The molecule has 0 spiro atoms. The van der Waals surface area contributed by atoms with Crippen molar-refractivity contribution in [1.29, 1.82) is 0 Å². The Kier molecular flexibility index (Phi) is 5.72. The standard InChI is InChI=1S/C16H14ClF2NO5S/c1-8-5-10(15(21)22)6-14(9(8)2)26(23,24)20-11-3-4-13(12(17)7-11)25-16(18)19/h3-7,16,20H,1-2H3,(H,21,22)/p-1. The summed E-state index contributed by atoms with van der Waals surface area (Å²) in [6, 6.07) is 5.66. The number of hydrogen-bond donors (Lipinski definition) is 1. The summed E-state index contributed by atoms with van der Waals surface area (Å²) >= 11 is 5.79. The van der Waals surface area contributed by atoms with Crippen LogP contribution < -0.4 is 14.6 Å². The molecule has 0 saturated carbocycles. The number of anilines is 1. The Morgan fingerprint density at radius 2 is 1.88 bits per heavy atom. The van der Waals surface area contributed by atoms with Crippen LogP contribution >= 0.6 is 11.6 Å². The highest BCUT2D eigenvalue weighted by Crippen LogP contribution is 2.30. The molecule has 0 aliphatic rings. The van der Waals surface area contributed by atoms with E-state index in [9.17, 15) is 27.1 Å². The summed E-state index contributed by atoms with van der Waals surface area (Å²) in [4.78, 5) is 10.8. The topological polar surface area (TPSA) is 95.5 Å². The molecule has 1 N–H and O–H groups in total. The first-order valence-electron chi connectivity index (χ1n) is 7.11. The van der Waals surface area contributed by atoms with Gasteiger partial charge in [0.2, 0.25) is 0 Å². The third kappa shape index (κ3) is 4.41. The first-order valence-corrected chi connectivity index (χ1v) is 8.97. The lowest BCUT2D eigenvalue weighted by Crippen LogP contribution is -2.23. The fraction of sp³-hybridized carbons (Fsp3) is 0.188. The van der Waals surface area contributed by atoms with Crippen LogP contribution in [0, 0.1) is 13.8 Å². The predicted molar refractivity (Wildman–Crippen MR) is 89.1 cm³/mol. The van der Waals surface area contributed by atoms with Gasteiger partial charge >= 0.3 is 6.61 Å². The van der Waals surface area contributed by atoms with E-state index in [4.69, 9.17) is 11.6 Å². The van der Waals surface area contributed by atoms with E-state index < -0.39 is 22.6 Å². The van der Waals surface area contributed by atoms with Crippen LogP contribution in [0.5, 0.6) is 5.75 Å². The fourth-order valence-electron chi connectivity index (χ4n) is 2.19. The van der Waals surface area contributed by atoms with E-state index in [0.29, 0.717) is 11.1 Å². The number of nitrogens with one attached hydrogen (secondary N) is 1. The predicted octanol–water partition coefficient (Wildman–Crippen LogP) is 2.72. The minimum absolute atomic E-state index is 0.00692. The number of sulfonamides is 1. The van der Waals surface area contributed by atoms with E-state index in [1.54, 1.807) is 6.92 Å².